The molecule has 1 atom stereocenters. The van der Waals surface area contributed by atoms with Crippen molar-refractivity contribution in [1.82, 2.24) is 9.13 Å². The van der Waals surface area contributed by atoms with Crippen LogP contribution in [0.25, 0.3) is 17.0 Å². The van der Waals surface area contributed by atoms with Gasteiger partial charge in [0.15, 0.2) is 4.80 Å². The van der Waals surface area contributed by atoms with E-state index in [1.54, 1.807) is 25.5 Å². The molecule has 1 aliphatic heterocycles. The van der Waals surface area contributed by atoms with Crippen molar-refractivity contribution in [1.29, 1.82) is 0 Å². The summed E-state index contributed by atoms with van der Waals surface area (Å²) in [5.41, 5.74) is 4.61. The molecule has 0 unspecified atom stereocenters. The fourth-order valence-electron chi connectivity index (χ4n) is 5.40. The highest BCUT2D eigenvalue weighted by atomic mass is 79.9. The first kappa shape index (κ1) is 27.9. The van der Waals surface area contributed by atoms with Gasteiger partial charge in [-0.05, 0) is 65.2 Å². The molecular weight excluding hydrogens is 614 g/mol. The molecule has 0 saturated heterocycles. The van der Waals surface area contributed by atoms with E-state index in [2.05, 4.69) is 51.0 Å². The van der Waals surface area contributed by atoms with Crippen molar-refractivity contribution < 1.29 is 14.3 Å². The lowest BCUT2D eigenvalue weighted by atomic mass is 9.96. The van der Waals surface area contributed by atoms with E-state index in [1.807, 2.05) is 54.6 Å². The van der Waals surface area contributed by atoms with E-state index in [0.717, 1.165) is 22.0 Å². The minimum absolute atomic E-state index is 0.214. The minimum Gasteiger partial charge on any atom is -0.496 e. The highest BCUT2D eigenvalue weighted by Crippen LogP contribution is 2.35. The van der Waals surface area contributed by atoms with Crippen LogP contribution in [0.15, 0.2) is 105 Å². The maximum atomic E-state index is 14.1. The molecule has 0 bridgehead atoms. The van der Waals surface area contributed by atoms with Crippen LogP contribution in [-0.2, 0) is 16.1 Å². The topological polar surface area (TPSA) is 74.8 Å². The Balaban J connectivity index is 1.53. The molecule has 6 rings (SSSR count). The van der Waals surface area contributed by atoms with E-state index < -0.39 is 12.0 Å². The lowest BCUT2D eigenvalue weighted by molar-refractivity contribution is -0.139. The predicted molar refractivity (Wildman–Crippen MR) is 169 cm³/mol. The SMILES string of the molecule is CCOC(=O)C1=C(C)N=c2s/c(=C\c3cn(Cc4ccccc4)c4ccccc34)c(=O)n2[C@H]1c1ccc(OC)c(Br)c1. The molecule has 2 aromatic heterocycles. The van der Waals surface area contributed by atoms with Crippen LogP contribution in [-0.4, -0.2) is 28.8 Å². The monoisotopic (exact) mass is 641 g/mol. The molecule has 9 heteroatoms. The predicted octanol–water partition coefficient (Wildman–Crippen LogP) is 5.57. The molecule has 3 aromatic carbocycles. The van der Waals surface area contributed by atoms with E-state index >= 15 is 0 Å². The third kappa shape index (κ3) is 5.03. The fraction of sp³-hybridized carbons (Fsp3) is 0.182. The third-order valence-electron chi connectivity index (χ3n) is 7.31. The Bertz CT molecular complexity index is 2040. The molecule has 0 amide bonds. The molecule has 0 spiro atoms. The zero-order chi connectivity index (χ0) is 29.4. The van der Waals surface area contributed by atoms with Crippen molar-refractivity contribution in [3.05, 3.63) is 131 Å². The molecule has 0 aliphatic carbocycles. The number of halogens is 1. The molecule has 42 heavy (non-hydrogen) atoms. The Hall–Kier alpha value is -4.21. The van der Waals surface area contributed by atoms with Crippen LogP contribution >= 0.6 is 27.3 Å². The number of thiazole rings is 1. The van der Waals surface area contributed by atoms with Crippen molar-refractivity contribution in [3.63, 3.8) is 0 Å². The first-order chi connectivity index (χ1) is 20.4. The first-order valence-corrected chi connectivity index (χ1v) is 15.2. The van der Waals surface area contributed by atoms with Gasteiger partial charge in [-0.25, -0.2) is 9.79 Å². The lowest BCUT2D eigenvalue weighted by Crippen LogP contribution is -2.39. The van der Waals surface area contributed by atoms with Crippen LogP contribution < -0.4 is 19.6 Å². The van der Waals surface area contributed by atoms with Gasteiger partial charge in [-0.2, -0.15) is 0 Å². The van der Waals surface area contributed by atoms with Gasteiger partial charge in [0.1, 0.15) is 5.75 Å². The van der Waals surface area contributed by atoms with Crippen LogP contribution in [0.1, 0.15) is 36.6 Å². The number of hydrogen-bond acceptors (Lipinski definition) is 6. The second-order valence-corrected chi connectivity index (χ2v) is 11.8. The molecule has 0 fully saturated rings. The van der Waals surface area contributed by atoms with E-state index in [-0.39, 0.29) is 12.2 Å². The number of nitrogens with zero attached hydrogens (tertiary/aromatic N) is 3. The standard InChI is InChI=1S/C33H28BrN3O4S/c1-4-41-32(39)29-20(2)35-33-37(30(29)22-14-15-27(40-3)25(34)16-22)31(38)28(42-33)17-23-19-36(18-21-10-6-5-7-11-21)26-13-9-8-12-24(23)26/h5-17,19,30H,4,18H2,1-3H3/b28-17-/t30-/m0/s1. The smallest absolute Gasteiger partial charge is 0.338 e. The molecule has 0 N–H and O–H groups in total. The van der Waals surface area contributed by atoms with Crippen molar-refractivity contribution in [2.75, 3.05) is 13.7 Å². The summed E-state index contributed by atoms with van der Waals surface area (Å²) in [5.74, 6) is 0.158. The van der Waals surface area contributed by atoms with Crippen LogP contribution in [0.2, 0.25) is 0 Å². The molecule has 0 radical (unpaired) electrons. The van der Waals surface area contributed by atoms with Crippen molar-refractivity contribution >= 4 is 50.2 Å². The number of allylic oxidation sites excluding steroid dienone is 1. The summed E-state index contributed by atoms with van der Waals surface area (Å²) in [4.78, 5) is 32.6. The largest absolute Gasteiger partial charge is 0.496 e. The van der Waals surface area contributed by atoms with Crippen molar-refractivity contribution in [3.8, 4) is 5.75 Å². The molecule has 1 aliphatic rings. The van der Waals surface area contributed by atoms with Gasteiger partial charge in [-0.1, -0.05) is 65.9 Å². The van der Waals surface area contributed by atoms with E-state index in [1.165, 1.54) is 16.9 Å². The third-order valence-corrected chi connectivity index (χ3v) is 8.91. The van der Waals surface area contributed by atoms with Crippen LogP contribution in [0.5, 0.6) is 5.75 Å². The average molecular weight is 643 g/mol. The Labute approximate surface area is 254 Å². The second-order valence-electron chi connectivity index (χ2n) is 9.91. The quantitative estimate of drug-likeness (QED) is 0.218. The van der Waals surface area contributed by atoms with E-state index in [9.17, 15) is 9.59 Å². The second kappa shape index (κ2) is 11.6. The number of hydrogen-bond donors (Lipinski definition) is 0. The van der Waals surface area contributed by atoms with Gasteiger partial charge in [0.25, 0.3) is 5.56 Å². The number of esters is 1. The number of aromatic nitrogens is 2. The van der Waals surface area contributed by atoms with Crippen LogP contribution in [0, 0.1) is 0 Å². The Morgan fingerprint density at radius 1 is 1.10 bits per heavy atom. The molecule has 212 valence electrons. The summed E-state index contributed by atoms with van der Waals surface area (Å²) < 4.78 is 15.9. The normalized spacial score (nSPS) is 15.0. The fourth-order valence-corrected chi connectivity index (χ4v) is 7.00. The van der Waals surface area contributed by atoms with Crippen molar-refractivity contribution in [2.24, 2.45) is 4.99 Å². The van der Waals surface area contributed by atoms with Crippen molar-refractivity contribution in [2.45, 2.75) is 26.4 Å². The first-order valence-electron chi connectivity index (χ1n) is 13.5. The lowest BCUT2D eigenvalue weighted by Gasteiger charge is -2.25. The number of fused-ring (bicyclic) bond motifs is 2. The van der Waals surface area contributed by atoms with Gasteiger partial charge < -0.3 is 14.0 Å². The van der Waals surface area contributed by atoms with Crippen LogP contribution in [0.3, 0.4) is 0 Å². The van der Waals surface area contributed by atoms with Gasteiger partial charge in [0, 0.05) is 29.2 Å². The Kier molecular flexibility index (Phi) is 7.70. The summed E-state index contributed by atoms with van der Waals surface area (Å²) in [6.07, 6.45) is 4.02. The summed E-state index contributed by atoms with van der Waals surface area (Å²) in [6, 6.07) is 23.3. The number of carbonyl (C=O) groups is 1. The average Bonchev–Trinajstić information content (AvgIpc) is 3.49. The molecular formula is C33H28BrN3O4S. The number of para-hydroxylation sites is 1. The van der Waals surface area contributed by atoms with Crippen LogP contribution in [0.4, 0.5) is 0 Å². The number of methoxy groups -OCH3 is 1. The molecule has 0 saturated carbocycles. The zero-order valence-electron chi connectivity index (χ0n) is 23.3. The number of ether oxygens (including phenoxy) is 2. The highest BCUT2D eigenvalue weighted by Gasteiger charge is 2.33. The number of benzene rings is 3. The van der Waals surface area contributed by atoms with E-state index in [0.29, 0.717) is 37.4 Å². The summed E-state index contributed by atoms with van der Waals surface area (Å²) >= 11 is 4.88. The maximum absolute atomic E-state index is 14.1. The summed E-state index contributed by atoms with van der Waals surface area (Å²) in [7, 11) is 1.59. The van der Waals surface area contributed by atoms with Gasteiger partial charge in [-0.15, -0.1) is 0 Å². The highest BCUT2D eigenvalue weighted by molar-refractivity contribution is 9.10. The maximum Gasteiger partial charge on any atom is 0.338 e. The Morgan fingerprint density at radius 2 is 1.86 bits per heavy atom. The van der Waals surface area contributed by atoms with E-state index in [4.69, 9.17) is 14.5 Å². The molecule has 5 aromatic rings. The summed E-state index contributed by atoms with van der Waals surface area (Å²) in [6.45, 7) is 4.47. The summed E-state index contributed by atoms with van der Waals surface area (Å²) in [5, 5.41) is 1.05. The van der Waals surface area contributed by atoms with Gasteiger partial charge in [0.2, 0.25) is 0 Å². The molecule has 7 nitrogen and oxygen atoms in total. The van der Waals surface area contributed by atoms with Gasteiger partial charge in [0.05, 0.1) is 40.0 Å². The van der Waals surface area contributed by atoms with Gasteiger partial charge >= 0.3 is 5.97 Å². The zero-order valence-corrected chi connectivity index (χ0v) is 25.7. The number of rotatable bonds is 7. The van der Waals surface area contributed by atoms with Gasteiger partial charge in [-0.3, -0.25) is 9.36 Å². The molecule has 3 heterocycles. The number of carbonyl (C=O) groups excluding carboxylic acids is 1. The Morgan fingerprint density at radius 3 is 2.60 bits per heavy atom. The minimum atomic E-state index is -0.705.